The van der Waals surface area contributed by atoms with Gasteiger partial charge in [0.25, 0.3) is 5.56 Å². The van der Waals surface area contributed by atoms with E-state index in [0.717, 1.165) is 0 Å². The molecule has 0 saturated carbocycles. The SMILES string of the molecule is FC(F)(F)C(Cl)Oc1cc[c]cc1. The summed E-state index contributed by atoms with van der Waals surface area (Å²) in [6.45, 7) is 0. The van der Waals surface area contributed by atoms with Crippen molar-refractivity contribution in [1.29, 1.82) is 0 Å². The van der Waals surface area contributed by atoms with Crippen LogP contribution in [0.25, 0.3) is 0 Å². The molecule has 0 aromatic heterocycles. The van der Waals surface area contributed by atoms with Crippen LogP contribution in [0.5, 0.6) is 5.75 Å². The van der Waals surface area contributed by atoms with E-state index in [9.17, 15) is 13.2 Å². The summed E-state index contributed by atoms with van der Waals surface area (Å²) in [5, 5.41) is 0. The van der Waals surface area contributed by atoms with E-state index in [1.165, 1.54) is 24.3 Å². The van der Waals surface area contributed by atoms with Crippen LogP contribution in [0.2, 0.25) is 0 Å². The molecule has 0 aliphatic carbocycles. The van der Waals surface area contributed by atoms with Crippen LogP contribution in [-0.2, 0) is 0 Å². The maximum atomic E-state index is 11.9. The van der Waals surface area contributed by atoms with Gasteiger partial charge in [0, 0.05) is 0 Å². The quantitative estimate of drug-likeness (QED) is 0.681. The molecule has 1 rings (SSSR count). The second-order valence-electron chi connectivity index (χ2n) is 2.21. The lowest BCUT2D eigenvalue weighted by Gasteiger charge is -2.15. The number of benzene rings is 1. The highest BCUT2D eigenvalue weighted by Gasteiger charge is 2.40. The zero-order valence-electron chi connectivity index (χ0n) is 6.31. The van der Waals surface area contributed by atoms with Crippen molar-refractivity contribution in [2.75, 3.05) is 0 Å². The largest absolute Gasteiger partial charge is 0.465 e. The fraction of sp³-hybridized carbons (Fsp3) is 0.250. The van der Waals surface area contributed by atoms with E-state index in [1.807, 2.05) is 0 Å². The number of halogens is 4. The summed E-state index contributed by atoms with van der Waals surface area (Å²) < 4.78 is 40.0. The third kappa shape index (κ3) is 3.14. The first kappa shape index (κ1) is 10.2. The fourth-order valence-electron chi connectivity index (χ4n) is 0.636. The van der Waals surface area contributed by atoms with Crippen molar-refractivity contribution in [2.24, 2.45) is 0 Å². The predicted molar refractivity (Wildman–Crippen MR) is 41.6 cm³/mol. The van der Waals surface area contributed by atoms with Crippen LogP contribution in [0, 0.1) is 6.07 Å². The summed E-state index contributed by atoms with van der Waals surface area (Å²) in [5.74, 6) is 0.0658. The normalized spacial score (nSPS) is 13.8. The Bertz CT molecular complexity index is 260. The van der Waals surface area contributed by atoms with Crippen LogP contribution in [-0.4, -0.2) is 11.7 Å². The Kier molecular flexibility index (Phi) is 3.03. The Balaban J connectivity index is 2.61. The summed E-state index contributed by atoms with van der Waals surface area (Å²) in [6, 6.07) is 8.22. The van der Waals surface area contributed by atoms with E-state index in [-0.39, 0.29) is 5.75 Å². The molecule has 1 unspecified atom stereocenters. The summed E-state index contributed by atoms with van der Waals surface area (Å²) in [4.78, 5) is 0. The summed E-state index contributed by atoms with van der Waals surface area (Å²) in [5.41, 5.74) is -2.31. The molecule has 0 saturated heterocycles. The van der Waals surface area contributed by atoms with Crippen LogP contribution in [0.1, 0.15) is 0 Å². The number of hydrogen-bond donors (Lipinski definition) is 0. The van der Waals surface area contributed by atoms with E-state index in [0.29, 0.717) is 0 Å². The molecule has 1 atom stereocenters. The average Bonchev–Trinajstić information content (AvgIpc) is 2.04. The first-order valence-electron chi connectivity index (χ1n) is 3.34. The van der Waals surface area contributed by atoms with Gasteiger partial charge in [-0.1, -0.05) is 23.7 Å². The van der Waals surface area contributed by atoms with Gasteiger partial charge < -0.3 is 4.74 Å². The van der Waals surface area contributed by atoms with Crippen LogP contribution in [0.4, 0.5) is 13.2 Å². The molecule has 0 aliphatic heterocycles. The predicted octanol–water partition coefficient (Wildman–Crippen LogP) is 2.99. The van der Waals surface area contributed by atoms with E-state index in [4.69, 9.17) is 11.6 Å². The minimum Gasteiger partial charge on any atom is -0.465 e. The molecular weight excluding hydrogens is 205 g/mol. The van der Waals surface area contributed by atoms with E-state index in [1.54, 1.807) is 0 Å². The van der Waals surface area contributed by atoms with Gasteiger partial charge in [-0.05, 0) is 18.2 Å². The second-order valence-corrected chi connectivity index (χ2v) is 2.61. The molecule has 5 heteroatoms. The van der Waals surface area contributed by atoms with E-state index < -0.39 is 11.7 Å². The van der Waals surface area contributed by atoms with Gasteiger partial charge in [-0.2, -0.15) is 13.2 Å². The Labute approximate surface area is 78.1 Å². The van der Waals surface area contributed by atoms with Gasteiger partial charge in [-0.25, -0.2) is 0 Å². The zero-order valence-corrected chi connectivity index (χ0v) is 7.06. The van der Waals surface area contributed by atoms with Crippen LogP contribution >= 0.6 is 11.6 Å². The van der Waals surface area contributed by atoms with Crippen molar-refractivity contribution in [1.82, 2.24) is 0 Å². The Hall–Kier alpha value is -0.900. The third-order valence-electron chi connectivity index (χ3n) is 1.18. The first-order chi connectivity index (χ1) is 6.00. The molecule has 71 valence electrons. The van der Waals surface area contributed by atoms with Crippen molar-refractivity contribution in [3.63, 3.8) is 0 Å². The fourth-order valence-corrected chi connectivity index (χ4v) is 0.739. The van der Waals surface area contributed by atoms with Crippen molar-refractivity contribution in [3.05, 3.63) is 30.3 Å². The molecule has 1 aromatic rings. The summed E-state index contributed by atoms with van der Waals surface area (Å²) in [6.07, 6.45) is -4.55. The molecular formula is C8H5ClF3O. The second kappa shape index (κ2) is 3.87. The number of alkyl halides is 4. The lowest BCUT2D eigenvalue weighted by Crippen LogP contribution is -2.28. The molecule has 0 spiro atoms. The maximum absolute atomic E-state index is 11.9. The highest BCUT2D eigenvalue weighted by molar-refractivity contribution is 6.20. The molecule has 1 aromatic carbocycles. The van der Waals surface area contributed by atoms with Crippen LogP contribution in [0.15, 0.2) is 24.3 Å². The third-order valence-corrected chi connectivity index (χ3v) is 1.52. The van der Waals surface area contributed by atoms with Crippen molar-refractivity contribution in [3.8, 4) is 5.75 Å². The van der Waals surface area contributed by atoms with Crippen molar-refractivity contribution >= 4 is 11.6 Å². The van der Waals surface area contributed by atoms with Gasteiger partial charge in [-0.3, -0.25) is 0 Å². The smallest absolute Gasteiger partial charge is 0.440 e. The first-order valence-corrected chi connectivity index (χ1v) is 3.77. The van der Waals surface area contributed by atoms with Crippen molar-refractivity contribution < 1.29 is 17.9 Å². The van der Waals surface area contributed by atoms with Gasteiger partial charge in [0.2, 0.25) is 0 Å². The topological polar surface area (TPSA) is 9.23 Å². The summed E-state index contributed by atoms with van der Waals surface area (Å²) in [7, 11) is 0. The number of hydrogen-bond acceptors (Lipinski definition) is 1. The van der Waals surface area contributed by atoms with Gasteiger partial charge in [0.15, 0.2) is 0 Å². The molecule has 0 aliphatic rings. The number of rotatable bonds is 2. The summed E-state index contributed by atoms with van der Waals surface area (Å²) >= 11 is 4.93. The molecule has 1 nitrogen and oxygen atoms in total. The van der Waals surface area contributed by atoms with Gasteiger partial charge >= 0.3 is 6.18 Å². The molecule has 13 heavy (non-hydrogen) atoms. The van der Waals surface area contributed by atoms with Gasteiger partial charge in [-0.15, -0.1) is 0 Å². The van der Waals surface area contributed by atoms with Crippen LogP contribution in [0.3, 0.4) is 0 Å². The standard InChI is InChI=1S/C8H5ClF3O/c9-7(8(10,11)12)13-6-4-2-1-3-5-6/h2-5,7H. The maximum Gasteiger partial charge on any atom is 0.440 e. The average molecular weight is 210 g/mol. The Morgan fingerprint density at radius 2 is 1.85 bits per heavy atom. The Morgan fingerprint density at radius 3 is 2.31 bits per heavy atom. The molecule has 0 bridgehead atoms. The zero-order chi connectivity index (χ0) is 9.90. The Morgan fingerprint density at radius 1 is 1.31 bits per heavy atom. The highest BCUT2D eigenvalue weighted by atomic mass is 35.5. The lowest BCUT2D eigenvalue weighted by molar-refractivity contribution is -0.169. The highest BCUT2D eigenvalue weighted by Crippen LogP contribution is 2.27. The van der Waals surface area contributed by atoms with Crippen LogP contribution < -0.4 is 4.74 Å². The van der Waals surface area contributed by atoms with Gasteiger partial charge in [0.05, 0.1) is 0 Å². The molecule has 1 radical (unpaired) electrons. The van der Waals surface area contributed by atoms with E-state index in [2.05, 4.69) is 10.8 Å². The van der Waals surface area contributed by atoms with Gasteiger partial charge in [0.1, 0.15) is 5.75 Å². The minimum atomic E-state index is -4.55. The van der Waals surface area contributed by atoms with Crippen molar-refractivity contribution in [2.45, 2.75) is 11.7 Å². The monoisotopic (exact) mass is 209 g/mol. The molecule has 0 N–H and O–H groups in total. The molecule has 0 fully saturated rings. The molecule has 0 amide bonds. The number of ether oxygens (including phenoxy) is 1. The minimum absolute atomic E-state index is 0.0658. The molecule has 0 heterocycles. The van der Waals surface area contributed by atoms with E-state index >= 15 is 0 Å². The lowest BCUT2D eigenvalue weighted by atomic mass is 10.3.